The SMILES string of the molecule is O=C(O)Cc1c(I)ncc(OC(F)(F)F)c1C(F)(F)F. The Bertz CT molecular complexity index is 528. The molecule has 1 N–H and O–H groups in total. The number of carboxylic acid groups (broad SMARTS) is 1. The van der Waals surface area contributed by atoms with E-state index in [9.17, 15) is 31.1 Å². The van der Waals surface area contributed by atoms with Gasteiger partial charge in [-0.1, -0.05) is 0 Å². The molecule has 0 aromatic carbocycles. The molecule has 0 amide bonds. The average molecular weight is 415 g/mol. The molecule has 20 heavy (non-hydrogen) atoms. The first-order chi connectivity index (χ1) is 8.92. The Balaban J connectivity index is 3.49. The molecule has 1 aromatic heterocycles. The lowest BCUT2D eigenvalue weighted by atomic mass is 10.1. The molecule has 0 aliphatic rings. The van der Waals surface area contributed by atoms with Crippen LogP contribution in [-0.4, -0.2) is 22.4 Å². The maximum Gasteiger partial charge on any atom is 0.573 e. The molecule has 0 saturated carbocycles. The van der Waals surface area contributed by atoms with Crippen LogP contribution in [0.1, 0.15) is 11.1 Å². The minimum Gasteiger partial charge on any atom is -0.481 e. The maximum atomic E-state index is 12.8. The van der Waals surface area contributed by atoms with Gasteiger partial charge < -0.3 is 9.84 Å². The quantitative estimate of drug-likeness (QED) is 0.468. The highest BCUT2D eigenvalue weighted by atomic mass is 127. The van der Waals surface area contributed by atoms with E-state index in [0.29, 0.717) is 0 Å². The van der Waals surface area contributed by atoms with Gasteiger partial charge in [0.2, 0.25) is 0 Å². The first-order valence-corrected chi connectivity index (χ1v) is 5.72. The Morgan fingerprint density at radius 2 is 1.85 bits per heavy atom. The summed E-state index contributed by atoms with van der Waals surface area (Å²) in [7, 11) is 0. The Morgan fingerprint density at radius 1 is 1.30 bits per heavy atom. The fourth-order valence-corrected chi connectivity index (χ4v) is 1.93. The smallest absolute Gasteiger partial charge is 0.481 e. The summed E-state index contributed by atoms with van der Waals surface area (Å²) in [4.78, 5) is 13.8. The number of alkyl halides is 6. The van der Waals surface area contributed by atoms with E-state index in [0.717, 1.165) is 0 Å². The van der Waals surface area contributed by atoms with E-state index in [1.165, 1.54) is 22.6 Å². The first kappa shape index (κ1) is 16.8. The number of hydrogen-bond acceptors (Lipinski definition) is 3. The maximum absolute atomic E-state index is 12.8. The highest BCUT2D eigenvalue weighted by Gasteiger charge is 2.42. The first-order valence-electron chi connectivity index (χ1n) is 4.64. The Labute approximate surface area is 120 Å². The lowest BCUT2D eigenvalue weighted by Crippen LogP contribution is -2.23. The third-order valence-corrected chi connectivity index (χ3v) is 2.86. The number of carbonyl (C=O) groups is 1. The van der Waals surface area contributed by atoms with Crippen LogP contribution in [0.5, 0.6) is 5.75 Å². The summed E-state index contributed by atoms with van der Waals surface area (Å²) in [6.07, 6.45) is -11.4. The van der Waals surface area contributed by atoms with Crippen LogP contribution in [0.3, 0.4) is 0 Å². The molecule has 4 nitrogen and oxygen atoms in total. The number of aromatic nitrogens is 1. The number of carboxylic acids is 1. The molecular formula is C9H4F6INO3. The van der Waals surface area contributed by atoms with Crippen LogP contribution in [0.4, 0.5) is 26.3 Å². The van der Waals surface area contributed by atoms with Gasteiger partial charge in [0.05, 0.1) is 12.6 Å². The van der Waals surface area contributed by atoms with Gasteiger partial charge in [0.15, 0.2) is 5.75 Å². The molecule has 1 aromatic rings. The van der Waals surface area contributed by atoms with E-state index in [1.807, 2.05) is 0 Å². The van der Waals surface area contributed by atoms with E-state index in [4.69, 9.17) is 5.11 Å². The number of nitrogens with zero attached hydrogens (tertiary/aromatic N) is 1. The standard InChI is InChI=1S/C9H4F6INO3/c10-8(11,12)6-3(1-5(18)19)7(16)17-2-4(6)20-9(13,14)15/h2H,1H2,(H,18,19). The van der Waals surface area contributed by atoms with Crippen LogP contribution in [-0.2, 0) is 17.4 Å². The van der Waals surface area contributed by atoms with Crippen molar-refractivity contribution in [3.05, 3.63) is 21.0 Å². The predicted molar refractivity (Wildman–Crippen MR) is 60.0 cm³/mol. The number of rotatable bonds is 3. The number of halogens is 7. The van der Waals surface area contributed by atoms with Gasteiger partial charge >= 0.3 is 18.5 Å². The fourth-order valence-electron chi connectivity index (χ4n) is 1.34. The van der Waals surface area contributed by atoms with Gasteiger partial charge in [-0.25, -0.2) is 4.98 Å². The minimum absolute atomic E-state index is 0.253. The van der Waals surface area contributed by atoms with Crippen LogP contribution < -0.4 is 4.74 Å². The van der Waals surface area contributed by atoms with E-state index in [1.54, 1.807) is 0 Å². The highest BCUT2D eigenvalue weighted by Crippen LogP contribution is 2.41. The molecule has 0 aliphatic heterocycles. The number of ether oxygens (including phenoxy) is 1. The van der Waals surface area contributed by atoms with Gasteiger partial charge in [0.1, 0.15) is 9.26 Å². The van der Waals surface area contributed by atoms with Crippen molar-refractivity contribution in [3.8, 4) is 5.75 Å². The van der Waals surface area contributed by atoms with Gasteiger partial charge in [0, 0.05) is 5.56 Å². The molecule has 0 unspecified atom stereocenters. The summed E-state index contributed by atoms with van der Waals surface area (Å²) in [5, 5.41) is 8.54. The second kappa shape index (κ2) is 5.61. The molecule has 0 radical (unpaired) electrons. The Kier molecular flexibility index (Phi) is 4.71. The normalized spacial score (nSPS) is 12.3. The molecule has 1 heterocycles. The van der Waals surface area contributed by atoms with Crippen LogP contribution in [0.2, 0.25) is 0 Å². The van der Waals surface area contributed by atoms with Crippen molar-refractivity contribution in [1.82, 2.24) is 4.98 Å². The lowest BCUT2D eigenvalue weighted by Gasteiger charge is -2.18. The largest absolute Gasteiger partial charge is 0.573 e. The molecule has 0 aliphatic carbocycles. The Hall–Kier alpha value is -1.27. The van der Waals surface area contributed by atoms with Crippen molar-refractivity contribution in [2.75, 3.05) is 0 Å². The van der Waals surface area contributed by atoms with Gasteiger partial charge in [0.25, 0.3) is 0 Å². The lowest BCUT2D eigenvalue weighted by molar-refractivity contribution is -0.276. The molecule has 0 spiro atoms. The zero-order valence-electron chi connectivity index (χ0n) is 9.14. The topological polar surface area (TPSA) is 59.4 Å². The van der Waals surface area contributed by atoms with Crippen molar-refractivity contribution in [1.29, 1.82) is 0 Å². The van der Waals surface area contributed by atoms with Crippen molar-refractivity contribution < 1.29 is 41.0 Å². The van der Waals surface area contributed by atoms with E-state index < -0.39 is 41.8 Å². The second-order valence-electron chi connectivity index (χ2n) is 3.38. The summed E-state index contributed by atoms with van der Waals surface area (Å²) < 4.78 is 77.6. The zero-order chi connectivity index (χ0) is 15.7. The molecular weight excluding hydrogens is 411 g/mol. The second-order valence-corrected chi connectivity index (χ2v) is 4.40. The minimum atomic E-state index is -5.35. The monoisotopic (exact) mass is 415 g/mol. The fraction of sp³-hybridized carbons (Fsp3) is 0.333. The molecule has 0 saturated heterocycles. The molecule has 1 rings (SSSR count). The third kappa shape index (κ3) is 4.38. The number of aliphatic carboxylic acids is 1. The summed E-state index contributed by atoms with van der Waals surface area (Å²) in [5.74, 6) is -3.22. The summed E-state index contributed by atoms with van der Waals surface area (Å²) in [6.45, 7) is 0. The number of hydrogen-bond donors (Lipinski definition) is 1. The third-order valence-electron chi connectivity index (χ3n) is 1.93. The van der Waals surface area contributed by atoms with Crippen LogP contribution in [0, 0.1) is 3.70 Å². The van der Waals surface area contributed by atoms with Gasteiger partial charge in [-0.05, 0) is 22.6 Å². The molecule has 112 valence electrons. The highest BCUT2D eigenvalue weighted by molar-refractivity contribution is 14.1. The van der Waals surface area contributed by atoms with Crippen molar-refractivity contribution in [2.45, 2.75) is 19.0 Å². The molecule has 0 atom stereocenters. The molecule has 11 heteroatoms. The van der Waals surface area contributed by atoms with Gasteiger partial charge in [-0.2, -0.15) is 13.2 Å². The van der Waals surface area contributed by atoms with E-state index >= 15 is 0 Å². The predicted octanol–water partition coefficient (Wildman–Crippen LogP) is 3.23. The van der Waals surface area contributed by atoms with Crippen LogP contribution in [0.25, 0.3) is 0 Å². The van der Waals surface area contributed by atoms with E-state index in [2.05, 4.69) is 9.72 Å². The van der Waals surface area contributed by atoms with Crippen molar-refractivity contribution >= 4 is 28.6 Å². The zero-order valence-corrected chi connectivity index (χ0v) is 11.3. The molecule has 0 fully saturated rings. The van der Waals surface area contributed by atoms with Crippen molar-refractivity contribution in [2.24, 2.45) is 0 Å². The van der Waals surface area contributed by atoms with Gasteiger partial charge in [-0.3, -0.25) is 4.79 Å². The summed E-state index contributed by atoms with van der Waals surface area (Å²) in [5.41, 5.74) is -2.68. The van der Waals surface area contributed by atoms with Crippen LogP contribution >= 0.6 is 22.6 Å². The number of pyridine rings is 1. The van der Waals surface area contributed by atoms with Crippen LogP contribution in [0.15, 0.2) is 6.20 Å². The summed E-state index contributed by atoms with van der Waals surface area (Å²) >= 11 is 1.30. The van der Waals surface area contributed by atoms with E-state index in [-0.39, 0.29) is 9.90 Å². The van der Waals surface area contributed by atoms with Gasteiger partial charge in [-0.15, -0.1) is 13.2 Å². The molecule has 0 bridgehead atoms. The summed E-state index contributed by atoms with van der Waals surface area (Å²) in [6, 6.07) is 0. The average Bonchev–Trinajstić information content (AvgIpc) is 2.18. The Morgan fingerprint density at radius 3 is 2.25 bits per heavy atom. The van der Waals surface area contributed by atoms with Crippen molar-refractivity contribution in [3.63, 3.8) is 0 Å².